The van der Waals surface area contributed by atoms with Crippen molar-refractivity contribution in [3.8, 4) is 0 Å². The molecule has 2 aromatic rings. The predicted octanol–water partition coefficient (Wildman–Crippen LogP) is 8.64. The highest BCUT2D eigenvalue weighted by molar-refractivity contribution is 5.97. The molecule has 0 aromatic heterocycles. The van der Waals surface area contributed by atoms with Gasteiger partial charge in [-0.15, -0.1) is 0 Å². The van der Waals surface area contributed by atoms with E-state index in [1.54, 1.807) is 6.92 Å². The molecule has 1 unspecified atom stereocenters. The average Bonchev–Trinajstić information content (AvgIpc) is 3.17. The van der Waals surface area contributed by atoms with Crippen LogP contribution in [0.1, 0.15) is 110 Å². The highest BCUT2D eigenvalue weighted by atomic mass is 16.5. The topological polar surface area (TPSA) is 43.4 Å². The third kappa shape index (κ3) is 4.87. The Morgan fingerprint density at radius 2 is 1.61 bits per heavy atom. The number of benzene rings is 2. The number of esters is 1. The molecule has 36 heavy (non-hydrogen) atoms. The van der Waals surface area contributed by atoms with E-state index in [4.69, 9.17) is 4.74 Å². The molecule has 0 spiro atoms. The van der Waals surface area contributed by atoms with E-state index in [1.807, 2.05) is 0 Å². The minimum atomic E-state index is -0.635. The summed E-state index contributed by atoms with van der Waals surface area (Å²) in [7, 11) is 0. The van der Waals surface area contributed by atoms with Gasteiger partial charge in [0, 0.05) is 11.8 Å². The fourth-order valence-corrected chi connectivity index (χ4v) is 7.49. The van der Waals surface area contributed by atoms with Crippen LogP contribution in [0.25, 0.3) is 10.8 Å². The largest absolute Gasteiger partial charge is 0.461 e. The Bertz CT molecular complexity index is 1060. The van der Waals surface area contributed by atoms with Crippen LogP contribution in [0.3, 0.4) is 0 Å². The summed E-state index contributed by atoms with van der Waals surface area (Å²) >= 11 is 0. The monoisotopic (exact) mass is 490 g/mol. The summed E-state index contributed by atoms with van der Waals surface area (Å²) in [6.07, 6.45) is 10.9. The summed E-state index contributed by atoms with van der Waals surface area (Å²) in [4.78, 5) is 26.1. The third-order valence-corrected chi connectivity index (χ3v) is 10.1. The molecule has 2 fully saturated rings. The van der Waals surface area contributed by atoms with Gasteiger partial charge in [-0.2, -0.15) is 0 Å². The van der Waals surface area contributed by atoms with Gasteiger partial charge < -0.3 is 4.74 Å². The van der Waals surface area contributed by atoms with Gasteiger partial charge in [0.15, 0.2) is 0 Å². The van der Waals surface area contributed by atoms with Crippen LogP contribution in [0.5, 0.6) is 0 Å². The second-order valence-electron chi connectivity index (χ2n) is 12.3. The fraction of sp³-hybridized carbons (Fsp3) is 0.636. The van der Waals surface area contributed by atoms with E-state index in [9.17, 15) is 9.59 Å². The molecule has 0 amide bonds. The van der Waals surface area contributed by atoms with E-state index < -0.39 is 5.92 Å². The molecule has 4 rings (SSSR count). The number of fused-ring (bicyclic) bond motifs is 3. The number of ketones is 1. The van der Waals surface area contributed by atoms with Gasteiger partial charge in [0.2, 0.25) is 0 Å². The van der Waals surface area contributed by atoms with Crippen molar-refractivity contribution >= 4 is 22.5 Å². The Kier molecular flexibility index (Phi) is 8.27. The maximum Gasteiger partial charge on any atom is 0.316 e. The lowest BCUT2D eigenvalue weighted by Crippen LogP contribution is -2.37. The summed E-state index contributed by atoms with van der Waals surface area (Å²) in [6, 6.07) is 15.1. The molecular formula is C33H46O3. The smallest absolute Gasteiger partial charge is 0.316 e. The molecule has 2 aromatic carbocycles. The first kappa shape index (κ1) is 26.9. The molecule has 0 N–H and O–H groups in total. The van der Waals surface area contributed by atoms with E-state index in [2.05, 4.69) is 70.2 Å². The van der Waals surface area contributed by atoms with Gasteiger partial charge in [-0.1, -0.05) is 115 Å². The van der Waals surface area contributed by atoms with Gasteiger partial charge in [0.25, 0.3) is 0 Å². The molecule has 3 nitrogen and oxygen atoms in total. The Balaban J connectivity index is 1.54. The van der Waals surface area contributed by atoms with E-state index in [0.29, 0.717) is 12.3 Å². The van der Waals surface area contributed by atoms with Crippen LogP contribution in [0, 0.1) is 22.7 Å². The van der Waals surface area contributed by atoms with Gasteiger partial charge in [-0.3, -0.25) is 9.59 Å². The van der Waals surface area contributed by atoms with Crippen LogP contribution in [0.2, 0.25) is 0 Å². The van der Waals surface area contributed by atoms with Crippen molar-refractivity contribution in [1.29, 1.82) is 0 Å². The minimum Gasteiger partial charge on any atom is -0.461 e. The molecule has 3 heteroatoms. The van der Waals surface area contributed by atoms with Crippen LogP contribution in [-0.4, -0.2) is 17.9 Å². The normalized spacial score (nSPS) is 27.3. The molecular weight excluding hydrogens is 444 g/mol. The molecule has 0 radical (unpaired) electrons. The van der Waals surface area contributed by atoms with Crippen molar-refractivity contribution in [2.75, 3.05) is 0 Å². The van der Waals surface area contributed by atoms with Crippen molar-refractivity contribution in [2.45, 2.75) is 111 Å². The van der Waals surface area contributed by atoms with Crippen molar-refractivity contribution in [3.63, 3.8) is 0 Å². The van der Waals surface area contributed by atoms with Crippen molar-refractivity contribution in [3.05, 3.63) is 48.0 Å². The van der Waals surface area contributed by atoms with E-state index in [0.717, 1.165) is 25.7 Å². The number of carbonyl (C=O) groups is 2. The first-order valence-electron chi connectivity index (χ1n) is 14.4. The summed E-state index contributed by atoms with van der Waals surface area (Å²) in [5.74, 6) is -0.546. The Hall–Kier alpha value is -2.16. The van der Waals surface area contributed by atoms with Crippen LogP contribution >= 0.6 is 0 Å². The SMILES string of the molecule is CCCCCCCCCC(C(C)=O)C(=O)O[C@@H]1[C@H]2CC[C@@](C)([C@@H]1c1cccc3ccccc13)C2(C)C. The van der Waals surface area contributed by atoms with Crippen LogP contribution in [-0.2, 0) is 14.3 Å². The Morgan fingerprint density at radius 3 is 2.33 bits per heavy atom. The number of ether oxygens (including phenoxy) is 1. The van der Waals surface area contributed by atoms with Crippen molar-refractivity contribution in [1.82, 2.24) is 0 Å². The lowest BCUT2D eigenvalue weighted by molar-refractivity contribution is -0.160. The summed E-state index contributed by atoms with van der Waals surface area (Å²) in [6.45, 7) is 10.9. The molecule has 0 saturated heterocycles. The van der Waals surface area contributed by atoms with Gasteiger partial charge in [-0.05, 0) is 53.4 Å². The van der Waals surface area contributed by atoms with Gasteiger partial charge >= 0.3 is 5.97 Å². The third-order valence-electron chi connectivity index (χ3n) is 10.1. The lowest BCUT2D eigenvalue weighted by Gasteiger charge is -2.40. The first-order chi connectivity index (χ1) is 17.2. The predicted molar refractivity (Wildman–Crippen MR) is 148 cm³/mol. The molecule has 5 atom stereocenters. The molecule has 2 aliphatic rings. The zero-order valence-electron chi connectivity index (χ0n) is 23.1. The summed E-state index contributed by atoms with van der Waals surface area (Å²) in [5, 5.41) is 2.48. The standard InChI is InChI=1S/C33H46O3/c1-6-7-8-9-10-11-12-18-25(23(2)34)31(35)36-30-28-21-22-33(5,32(28,3)4)29(30)27-20-15-17-24-16-13-14-19-26(24)27/h13-17,19-20,25,28-30H,6-12,18,21-22H2,1-5H3/t25?,28-,29-,30-,33+/m1/s1. The fourth-order valence-electron chi connectivity index (χ4n) is 7.49. The van der Waals surface area contributed by atoms with E-state index in [1.165, 1.54) is 48.4 Å². The zero-order valence-corrected chi connectivity index (χ0v) is 23.1. The maximum absolute atomic E-state index is 13.5. The molecule has 2 saturated carbocycles. The van der Waals surface area contributed by atoms with Gasteiger partial charge in [0.1, 0.15) is 17.8 Å². The highest BCUT2D eigenvalue weighted by Crippen LogP contribution is 2.72. The quantitative estimate of drug-likeness (QED) is 0.170. The second-order valence-corrected chi connectivity index (χ2v) is 12.3. The molecule has 2 aliphatic carbocycles. The van der Waals surface area contributed by atoms with Gasteiger partial charge in [0.05, 0.1) is 0 Å². The highest BCUT2D eigenvalue weighted by Gasteiger charge is 2.68. The molecule has 0 heterocycles. The second kappa shape index (κ2) is 11.1. The lowest BCUT2D eigenvalue weighted by atomic mass is 9.64. The molecule has 196 valence electrons. The number of hydrogen-bond donors (Lipinski definition) is 0. The first-order valence-corrected chi connectivity index (χ1v) is 14.4. The van der Waals surface area contributed by atoms with Crippen molar-refractivity contribution in [2.24, 2.45) is 22.7 Å². The van der Waals surface area contributed by atoms with Crippen LogP contribution in [0.4, 0.5) is 0 Å². The average molecular weight is 491 g/mol. The molecule has 2 bridgehead atoms. The zero-order chi connectivity index (χ0) is 25.9. The Labute approximate surface area is 218 Å². The number of Topliss-reactive ketones (excluding diaryl/α,β-unsaturated/α-hetero) is 1. The van der Waals surface area contributed by atoms with Crippen molar-refractivity contribution < 1.29 is 14.3 Å². The molecule has 0 aliphatic heterocycles. The Morgan fingerprint density at radius 1 is 0.944 bits per heavy atom. The number of rotatable bonds is 12. The maximum atomic E-state index is 13.5. The van der Waals surface area contributed by atoms with Crippen LogP contribution in [0.15, 0.2) is 42.5 Å². The van der Waals surface area contributed by atoms with E-state index in [-0.39, 0.29) is 34.6 Å². The summed E-state index contributed by atoms with van der Waals surface area (Å²) < 4.78 is 6.44. The van der Waals surface area contributed by atoms with E-state index >= 15 is 0 Å². The summed E-state index contributed by atoms with van der Waals surface area (Å²) in [5.41, 5.74) is 1.39. The van der Waals surface area contributed by atoms with Crippen LogP contribution < -0.4 is 0 Å². The number of unbranched alkanes of at least 4 members (excludes halogenated alkanes) is 6. The number of carbonyl (C=O) groups excluding carboxylic acids is 2. The number of hydrogen-bond acceptors (Lipinski definition) is 3. The minimum absolute atomic E-state index is 0.0386. The van der Waals surface area contributed by atoms with Gasteiger partial charge in [-0.25, -0.2) is 0 Å².